The van der Waals surface area contributed by atoms with Crippen LogP contribution in [0, 0.1) is 6.92 Å². The largest absolute Gasteiger partial charge is 0.391 e. The molecule has 1 aromatic rings. The van der Waals surface area contributed by atoms with Crippen molar-refractivity contribution < 1.29 is 13.5 Å². The molecule has 0 atom stereocenters. The minimum Gasteiger partial charge on any atom is -0.391 e. The molecule has 1 fully saturated rings. The van der Waals surface area contributed by atoms with Crippen LogP contribution < -0.4 is 0 Å². The molecule has 1 aliphatic heterocycles. The normalized spacial score (nSPS) is 21.2. The lowest BCUT2D eigenvalue weighted by Crippen LogP contribution is -2.58. The Morgan fingerprint density at radius 3 is 2.55 bits per heavy atom. The highest BCUT2D eigenvalue weighted by atomic mass is 32.2. The van der Waals surface area contributed by atoms with Crippen LogP contribution in [-0.2, 0) is 16.6 Å². The van der Waals surface area contributed by atoms with E-state index in [9.17, 15) is 8.42 Å². The maximum atomic E-state index is 12.8. The zero-order valence-corrected chi connectivity index (χ0v) is 14.0. The van der Waals surface area contributed by atoms with Crippen LogP contribution in [-0.4, -0.2) is 55.0 Å². The number of aryl methyl sites for hydroxylation is 1. The molecule has 0 unspecified atom stereocenters. The lowest BCUT2D eigenvalue weighted by molar-refractivity contribution is 0.0801. The van der Waals surface area contributed by atoms with Gasteiger partial charge in [0.15, 0.2) is 0 Å². The Bertz CT molecular complexity index is 593. The van der Waals surface area contributed by atoms with Crippen molar-refractivity contribution >= 4 is 21.4 Å². The highest BCUT2D eigenvalue weighted by Crippen LogP contribution is 2.30. The summed E-state index contributed by atoms with van der Waals surface area (Å²) in [5.74, 6) is 0. The highest BCUT2D eigenvalue weighted by Gasteiger charge is 2.38. The number of piperazine rings is 1. The van der Waals surface area contributed by atoms with Crippen LogP contribution in [0.4, 0.5) is 0 Å². The fourth-order valence-electron chi connectivity index (χ4n) is 2.40. The summed E-state index contributed by atoms with van der Waals surface area (Å²) in [5, 5.41) is 9.16. The molecule has 0 aromatic carbocycles. The Labute approximate surface area is 124 Å². The molecule has 5 nitrogen and oxygen atoms in total. The summed E-state index contributed by atoms with van der Waals surface area (Å²) in [6, 6.07) is 1.60. The van der Waals surface area contributed by atoms with Gasteiger partial charge in [-0.25, -0.2) is 8.42 Å². The molecule has 0 amide bonds. The van der Waals surface area contributed by atoms with Crippen molar-refractivity contribution in [1.29, 1.82) is 0 Å². The summed E-state index contributed by atoms with van der Waals surface area (Å²) >= 11 is 1.34. The first-order chi connectivity index (χ1) is 9.18. The molecule has 7 heteroatoms. The van der Waals surface area contributed by atoms with E-state index in [1.54, 1.807) is 17.3 Å². The molecule has 0 bridgehead atoms. The predicted octanol–water partition coefficient (Wildman–Crippen LogP) is 1.26. The number of hydrogen-bond donors (Lipinski definition) is 1. The van der Waals surface area contributed by atoms with Gasteiger partial charge in [-0.2, -0.15) is 4.31 Å². The summed E-state index contributed by atoms with van der Waals surface area (Å²) in [6.45, 7) is 7.49. The zero-order chi connectivity index (χ0) is 15.1. The van der Waals surface area contributed by atoms with Gasteiger partial charge >= 0.3 is 0 Å². The van der Waals surface area contributed by atoms with Gasteiger partial charge in [-0.05, 0) is 33.9 Å². The van der Waals surface area contributed by atoms with Crippen LogP contribution >= 0.6 is 11.3 Å². The highest BCUT2D eigenvalue weighted by molar-refractivity contribution is 7.89. The van der Waals surface area contributed by atoms with E-state index in [-0.39, 0.29) is 12.1 Å². The average Bonchev–Trinajstić information content (AvgIpc) is 2.74. The molecular formula is C13H22N2O3S2. The topological polar surface area (TPSA) is 60.9 Å². The zero-order valence-electron chi connectivity index (χ0n) is 12.4. The lowest BCUT2D eigenvalue weighted by atomic mass is 10.0. The molecule has 0 aliphatic carbocycles. The maximum absolute atomic E-state index is 12.8. The van der Waals surface area contributed by atoms with Gasteiger partial charge in [0.2, 0.25) is 10.0 Å². The number of aliphatic hydroxyl groups excluding tert-OH is 1. The van der Waals surface area contributed by atoms with Gasteiger partial charge in [0.1, 0.15) is 0 Å². The van der Waals surface area contributed by atoms with Gasteiger partial charge in [-0.1, -0.05) is 0 Å². The van der Waals surface area contributed by atoms with Crippen molar-refractivity contribution in [3.63, 3.8) is 0 Å². The smallest absolute Gasteiger partial charge is 0.244 e. The molecule has 1 aromatic heterocycles. The monoisotopic (exact) mass is 318 g/mol. The van der Waals surface area contributed by atoms with Crippen LogP contribution in [0.1, 0.15) is 23.6 Å². The number of nitrogens with zero attached hydrogens (tertiary/aromatic N) is 2. The molecule has 0 saturated carbocycles. The van der Waals surface area contributed by atoms with E-state index in [0.29, 0.717) is 22.9 Å². The van der Waals surface area contributed by atoms with Crippen molar-refractivity contribution in [2.24, 2.45) is 0 Å². The quantitative estimate of drug-likeness (QED) is 0.911. The van der Waals surface area contributed by atoms with E-state index in [0.717, 1.165) is 11.4 Å². The third-order valence-electron chi connectivity index (χ3n) is 3.98. The number of hydrogen-bond acceptors (Lipinski definition) is 5. The predicted molar refractivity (Wildman–Crippen MR) is 80.4 cm³/mol. The summed E-state index contributed by atoms with van der Waals surface area (Å²) in [7, 11) is -1.45. The minimum absolute atomic E-state index is 0.116. The van der Waals surface area contributed by atoms with E-state index in [2.05, 4.69) is 4.90 Å². The standard InChI is InChI=1S/C13H22N2O3S2/c1-10-12(7-11(8-16)19-10)20(17,18)15-6-5-14(4)13(2,3)9-15/h7,16H,5-6,8-9H2,1-4H3. The third-order valence-corrected chi connectivity index (χ3v) is 7.11. The Balaban J connectivity index is 2.33. The minimum atomic E-state index is -3.47. The number of rotatable bonds is 3. The van der Waals surface area contributed by atoms with E-state index >= 15 is 0 Å². The number of thiophene rings is 1. The molecule has 1 N–H and O–H groups in total. The second-order valence-electron chi connectivity index (χ2n) is 5.86. The Kier molecular flexibility index (Phi) is 4.28. The van der Waals surface area contributed by atoms with E-state index in [4.69, 9.17) is 5.11 Å². The number of sulfonamides is 1. The SMILES string of the molecule is Cc1sc(CO)cc1S(=O)(=O)N1CCN(C)C(C)(C)C1. The number of likely N-dealkylation sites (N-methyl/N-ethyl adjacent to an activating group) is 1. The number of aliphatic hydroxyl groups is 1. The Morgan fingerprint density at radius 1 is 1.40 bits per heavy atom. The average molecular weight is 318 g/mol. The Morgan fingerprint density at radius 2 is 2.05 bits per heavy atom. The van der Waals surface area contributed by atoms with Gasteiger partial charge in [0.25, 0.3) is 0 Å². The molecule has 2 heterocycles. The maximum Gasteiger partial charge on any atom is 0.244 e. The molecule has 0 spiro atoms. The Hall–Kier alpha value is -0.470. The lowest BCUT2D eigenvalue weighted by Gasteiger charge is -2.44. The van der Waals surface area contributed by atoms with Crippen LogP contribution in [0.15, 0.2) is 11.0 Å². The van der Waals surface area contributed by atoms with Crippen LogP contribution in [0.25, 0.3) is 0 Å². The van der Waals surface area contributed by atoms with Crippen molar-refractivity contribution in [3.8, 4) is 0 Å². The van der Waals surface area contributed by atoms with E-state index in [1.165, 1.54) is 11.3 Å². The van der Waals surface area contributed by atoms with Crippen molar-refractivity contribution in [1.82, 2.24) is 9.21 Å². The van der Waals surface area contributed by atoms with Gasteiger partial charge in [0, 0.05) is 34.9 Å². The van der Waals surface area contributed by atoms with Crippen molar-refractivity contribution in [3.05, 3.63) is 15.8 Å². The molecule has 2 rings (SSSR count). The van der Waals surface area contributed by atoms with Gasteiger partial charge in [-0.3, -0.25) is 4.90 Å². The first-order valence-electron chi connectivity index (χ1n) is 6.60. The summed E-state index contributed by atoms with van der Waals surface area (Å²) in [5.41, 5.74) is -0.172. The molecule has 20 heavy (non-hydrogen) atoms. The van der Waals surface area contributed by atoms with E-state index < -0.39 is 10.0 Å². The second-order valence-corrected chi connectivity index (χ2v) is 9.11. The van der Waals surface area contributed by atoms with Crippen LogP contribution in [0.3, 0.4) is 0 Å². The molecule has 114 valence electrons. The fraction of sp³-hybridized carbons (Fsp3) is 0.692. The van der Waals surface area contributed by atoms with Crippen LogP contribution in [0.2, 0.25) is 0 Å². The molecular weight excluding hydrogens is 296 g/mol. The summed E-state index contributed by atoms with van der Waals surface area (Å²) in [4.78, 5) is 3.95. The third kappa shape index (κ3) is 2.78. The van der Waals surface area contributed by atoms with Crippen molar-refractivity contribution in [2.45, 2.75) is 37.8 Å². The molecule has 1 saturated heterocycles. The summed E-state index contributed by atoms with van der Waals surface area (Å²) in [6.07, 6.45) is 0. The van der Waals surface area contributed by atoms with Gasteiger partial charge in [0.05, 0.1) is 11.5 Å². The first kappa shape index (κ1) is 15.9. The molecule has 1 aliphatic rings. The second kappa shape index (κ2) is 5.38. The molecule has 0 radical (unpaired) electrons. The van der Waals surface area contributed by atoms with Crippen LogP contribution in [0.5, 0.6) is 0 Å². The fourth-order valence-corrected chi connectivity index (χ4v) is 5.45. The van der Waals surface area contributed by atoms with Crippen molar-refractivity contribution in [2.75, 3.05) is 26.7 Å². The summed E-state index contributed by atoms with van der Waals surface area (Å²) < 4.78 is 27.1. The van der Waals surface area contributed by atoms with E-state index in [1.807, 2.05) is 20.9 Å². The first-order valence-corrected chi connectivity index (χ1v) is 8.86. The van der Waals surface area contributed by atoms with Gasteiger partial charge in [-0.15, -0.1) is 11.3 Å². The van der Waals surface area contributed by atoms with Gasteiger partial charge < -0.3 is 5.11 Å².